The van der Waals surface area contributed by atoms with Crippen LogP contribution in [0.25, 0.3) is 0 Å². The Bertz CT molecular complexity index is 470. The average molecular weight is 247 g/mol. The van der Waals surface area contributed by atoms with Gasteiger partial charge in [-0.05, 0) is 37.3 Å². The number of benzene rings is 1. The molecule has 1 aliphatic rings. The van der Waals surface area contributed by atoms with Crippen molar-refractivity contribution < 1.29 is 14.7 Å². The maximum atomic E-state index is 12.1. The van der Waals surface area contributed by atoms with Gasteiger partial charge in [0.25, 0.3) is 0 Å². The number of rotatable bonds is 3. The standard InChI is InChI=1S/C14H17NO3/c1-9(14(17)18)15-13(16)12-8-4-6-10-5-2-3-7-11(10)12/h2-3,5,7,9,12H,4,6,8H2,1H3,(H,15,16)(H,17,18). The van der Waals surface area contributed by atoms with Crippen LogP contribution in [-0.2, 0) is 16.0 Å². The third kappa shape index (κ3) is 2.53. The van der Waals surface area contributed by atoms with Gasteiger partial charge in [0.15, 0.2) is 0 Å². The van der Waals surface area contributed by atoms with Crippen LogP contribution in [0.15, 0.2) is 24.3 Å². The number of carboxylic acids is 1. The lowest BCUT2D eigenvalue weighted by Crippen LogP contribution is -2.41. The number of fused-ring (bicyclic) bond motifs is 1. The molecule has 2 N–H and O–H groups in total. The molecule has 18 heavy (non-hydrogen) atoms. The van der Waals surface area contributed by atoms with Crippen LogP contribution in [0.3, 0.4) is 0 Å². The molecule has 96 valence electrons. The van der Waals surface area contributed by atoms with Crippen LogP contribution in [0, 0.1) is 0 Å². The molecule has 0 aliphatic heterocycles. The number of carbonyl (C=O) groups is 2. The highest BCUT2D eigenvalue weighted by molar-refractivity contribution is 5.88. The monoisotopic (exact) mass is 247 g/mol. The van der Waals surface area contributed by atoms with Gasteiger partial charge in [-0.25, -0.2) is 0 Å². The fraction of sp³-hybridized carbons (Fsp3) is 0.429. The van der Waals surface area contributed by atoms with Crippen molar-refractivity contribution in [2.75, 3.05) is 0 Å². The van der Waals surface area contributed by atoms with Crippen molar-refractivity contribution >= 4 is 11.9 Å². The normalized spacial score (nSPS) is 19.7. The zero-order valence-electron chi connectivity index (χ0n) is 10.3. The molecule has 0 saturated carbocycles. The minimum absolute atomic E-state index is 0.183. The summed E-state index contributed by atoms with van der Waals surface area (Å²) >= 11 is 0. The predicted octanol–water partition coefficient (Wildman–Crippen LogP) is 1.70. The third-order valence-corrected chi connectivity index (χ3v) is 3.42. The van der Waals surface area contributed by atoms with Crippen LogP contribution in [0.1, 0.15) is 36.8 Å². The summed E-state index contributed by atoms with van der Waals surface area (Å²) in [6.45, 7) is 1.48. The number of aliphatic carboxylic acids is 1. The van der Waals surface area contributed by atoms with Gasteiger partial charge in [0.05, 0.1) is 5.92 Å². The second-order valence-electron chi connectivity index (χ2n) is 4.71. The lowest BCUT2D eigenvalue weighted by atomic mass is 9.82. The molecule has 0 saturated heterocycles. The van der Waals surface area contributed by atoms with Gasteiger partial charge in [-0.1, -0.05) is 24.3 Å². The van der Waals surface area contributed by atoms with Gasteiger partial charge in [0.1, 0.15) is 6.04 Å². The molecule has 2 rings (SSSR count). The first kappa shape index (κ1) is 12.6. The van der Waals surface area contributed by atoms with Gasteiger partial charge < -0.3 is 10.4 Å². The number of amides is 1. The molecule has 0 heterocycles. The molecule has 1 aliphatic carbocycles. The molecule has 1 amide bonds. The molecule has 4 heteroatoms. The number of carboxylic acid groups (broad SMARTS) is 1. The van der Waals surface area contributed by atoms with Crippen molar-refractivity contribution in [3.63, 3.8) is 0 Å². The van der Waals surface area contributed by atoms with Crippen LogP contribution < -0.4 is 5.32 Å². The van der Waals surface area contributed by atoms with E-state index < -0.39 is 12.0 Å². The van der Waals surface area contributed by atoms with Crippen molar-refractivity contribution in [3.8, 4) is 0 Å². The van der Waals surface area contributed by atoms with Crippen LogP contribution in [0.5, 0.6) is 0 Å². The Kier molecular flexibility index (Phi) is 3.65. The molecule has 0 fully saturated rings. The second kappa shape index (κ2) is 5.21. The molecule has 0 aromatic heterocycles. The minimum atomic E-state index is -1.01. The van der Waals surface area contributed by atoms with E-state index in [9.17, 15) is 9.59 Å². The van der Waals surface area contributed by atoms with Crippen LogP contribution in [0.2, 0.25) is 0 Å². The number of hydrogen-bond donors (Lipinski definition) is 2. The van der Waals surface area contributed by atoms with E-state index in [0.717, 1.165) is 24.8 Å². The summed E-state index contributed by atoms with van der Waals surface area (Å²) in [5.41, 5.74) is 2.24. The van der Waals surface area contributed by atoms with E-state index in [1.54, 1.807) is 0 Å². The highest BCUT2D eigenvalue weighted by atomic mass is 16.4. The molecule has 0 radical (unpaired) electrons. The molecule has 0 bridgehead atoms. The summed E-state index contributed by atoms with van der Waals surface area (Å²) in [4.78, 5) is 22.8. The topological polar surface area (TPSA) is 66.4 Å². The zero-order valence-corrected chi connectivity index (χ0v) is 10.3. The summed E-state index contributed by atoms with van der Waals surface area (Å²) in [7, 11) is 0. The van der Waals surface area contributed by atoms with Crippen LogP contribution in [-0.4, -0.2) is 23.0 Å². The Balaban J connectivity index is 2.15. The molecular formula is C14H17NO3. The summed E-state index contributed by atoms with van der Waals surface area (Å²) in [6.07, 6.45) is 2.75. The van der Waals surface area contributed by atoms with E-state index in [1.807, 2.05) is 24.3 Å². The van der Waals surface area contributed by atoms with Gasteiger partial charge in [-0.3, -0.25) is 9.59 Å². The van der Waals surface area contributed by atoms with Crippen molar-refractivity contribution in [3.05, 3.63) is 35.4 Å². The molecule has 0 spiro atoms. The number of nitrogens with one attached hydrogen (secondary N) is 1. The first-order valence-corrected chi connectivity index (χ1v) is 6.20. The fourth-order valence-corrected chi connectivity index (χ4v) is 2.40. The number of aryl methyl sites for hydroxylation is 1. The van der Waals surface area contributed by atoms with E-state index in [2.05, 4.69) is 5.32 Å². The lowest BCUT2D eigenvalue weighted by molar-refractivity contribution is -0.141. The smallest absolute Gasteiger partial charge is 0.325 e. The average Bonchev–Trinajstić information content (AvgIpc) is 2.37. The van der Waals surface area contributed by atoms with Gasteiger partial charge in [-0.15, -0.1) is 0 Å². The van der Waals surface area contributed by atoms with Gasteiger partial charge in [-0.2, -0.15) is 0 Å². The Labute approximate surface area is 106 Å². The Morgan fingerprint density at radius 1 is 1.39 bits per heavy atom. The first-order valence-electron chi connectivity index (χ1n) is 6.20. The maximum absolute atomic E-state index is 12.1. The van der Waals surface area contributed by atoms with E-state index in [-0.39, 0.29) is 11.8 Å². The van der Waals surface area contributed by atoms with E-state index >= 15 is 0 Å². The van der Waals surface area contributed by atoms with Gasteiger partial charge >= 0.3 is 5.97 Å². The van der Waals surface area contributed by atoms with E-state index in [0.29, 0.717) is 0 Å². The summed E-state index contributed by atoms with van der Waals surface area (Å²) in [5, 5.41) is 11.4. The quantitative estimate of drug-likeness (QED) is 0.854. The zero-order chi connectivity index (χ0) is 13.1. The number of hydrogen-bond acceptors (Lipinski definition) is 2. The SMILES string of the molecule is CC(NC(=O)C1CCCc2ccccc21)C(=O)O. The van der Waals surface area contributed by atoms with E-state index in [4.69, 9.17) is 5.11 Å². The van der Waals surface area contributed by atoms with Crippen LogP contribution in [0.4, 0.5) is 0 Å². The third-order valence-electron chi connectivity index (χ3n) is 3.42. The van der Waals surface area contributed by atoms with Gasteiger partial charge in [0.2, 0.25) is 5.91 Å². The molecule has 2 atom stereocenters. The highest BCUT2D eigenvalue weighted by Gasteiger charge is 2.27. The molecule has 2 unspecified atom stereocenters. The summed E-state index contributed by atoms with van der Waals surface area (Å²) in [5.74, 6) is -1.40. The summed E-state index contributed by atoms with van der Waals surface area (Å²) < 4.78 is 0. The van der Waals surface area contributed by atoms with Crippen molar-refractivity contribution in [2.24, 2.45) is 0 Å². The first-order chi connectivity index (χ1) is 8.59. The maximum Gasteiger partial charge on any atom is 0.325 e. The Morgan fingerprint density at radius 3 is 2.83 bits per heavy atom. The van der Waals surface area contributed by atoms with Crippen molar-refractivity contribution in [1.29, 1.82) is 0 Å². The van der Waals surface area contributed by atoms with E-state index in [1.165, 1.54) is 12.5 Å². The van der Waals surface area contributed by atoms with Crippen molar-refractivity contribution in [2.45, 2.75) is 38.1 Å². The molecule has 1 aromatic rings. The number of carbonyl (C=O) groups excluding carboxylic acids is 1. The predicted molar refractivity (Wildman–Crippen MR) is 67.4 cm³/mol. The minimum Gasteiger partial charge on any atom is -0.480 e. The molecular weight excluding hydrogens is 230 g/mol. The Morgan fingerprint density at radius 2 is 2.11 bits per heavy atom. The largest absolute Gasteiger partial charge is 0.480 e. The lowest BCUT2D eigenvalue weighted by Gasteiger charge is -2.25. The summed E-state index contributed by atoms with van der Waals surface area (Å²) in [6, 6.07) is 7.05. The molecule has 4 nitrogen and oxygen atoms in total. The van der Waals surface area contributed by atoms with Crippen LogP contribution >= 0.6 is 0 Å². The Hall–Kier alpha value is -1.84. The van der Waals surface area contributed by atoms with Gasteiger partial charge in [0, 0.05) is 0 Å². The second-order valence-corrected chi connectivity index (χ2v) is 4.71. The van der Waals surface area contributed by atoms with Crippen molar-refractivity contribution in [1.82, 2.24) is 5.32 Å². The molecule has 1 aromatic carbocycles. The fourth-order valence-electron chi connectivity index (χ4n) is 2.40. The highest BCUT2D eigenvalue weighted by Crippen LogP contribution is 2.31.